The molecule has 1 N–H and O–H groups in total. The first-order valence-electron chi connectivity index (χ1n) is 11.5. The second kappa shape index (κ2) is 8.36. The number of pyridine rings is 1. The van der Waals surface area contributed by atoms with Gasteiger partial charge in [0.2, 0.25) is 12.0 Å². The number of nitrogens with one attached hydrogen (secondary N) is 1. The molecule has 1 atom stereocenters. The topological polar surface area (TPSA) is 83.9 Å². The second-order valence-electron chi connectivity index (χ2n) is 8.71. The summed E-state index contributed by atoms with van der Waals surface area (Å²) in [6, 6.07) is 23.2. The summed E-state index contributed by atoms with van der Waals surface area (Å²) in [5, 5.41) is 4.50. The average molecular weight is 463 g/mol. The third kappa shape index (κ3) is 3.81. The first-order valence-corrected chi connectivity index (χ1v) is 11.5. The number of aliphatic imine (C=N–C) groups is 1. The van der Waals surface area contributed by atoms with E-state index < -0.39 is 12.3 Å². The van der Waals surface area contributed by atoms with Crippen molar-refractivity contribution in [2.45, 2.75) is 19.5 Å². The SMILES string of the molecule is Cc1cc2c3c(c1)C(c1ccccc1)=N[C@@H](NC(=O)Oc1cc4ccccc4cn1)C(=O)N3CC2. The number of ether oxygens (including phenoxy) is 1. The molecule has 2 amide bonds. The molecule has 35 heavy (non-hydrogen) atoms. The number of rotatable bonds is 3. The van der Waals surface area contributed by atoms with Gasteiger partial charge in [0.1, 0.15) is 0 Å². The highest BCUT2D eigenvalue weighted by Crippen LogP contribution is 2.37. The van der Waals surface area contributed by atoms with E-state index in [0.29, 0.717) is 12.3 Å². The van der Waals surface area contributed by atoms with Crippen LogP contribution >= 0.6 is 0 Å². The number of hydrogen-bond donors (Lipinski definition) is 1. The summed E-state index contributed by atoms with van der Waals surface area (Å²) in [6.07, 6.45) is 0.488. The maximum Gasteiger partial charge on any atom is 0.416 e. The molecule has 1 aromatic heterocycles. The Labute approximate surface area is 202 Å². The highest BCUT2D eigenvalue weighted by Gasteiger charge is 2.37. The van der Waals surface area contributed by atoms with Crippen molar-refractivity contribution in [1.29, 1.82) is 0 Å². The molecule has 0 spiro atoms. The van der Waals surface area contributed by atoms with E-state index in [1.54, 1.807) is 17.2 Å². The molecule has 7 nitrogen and oxygen atoms in total. The lowest BCUT2D eigenvalue weighted by molar-refractivity contribution is -0.120. The molecule has 0 saturated heterocycles. The van der Waals surface area contributed by atoms with Gasteiger partial charge in [-0.05, 0) is 30.4 Å². The van der Waals surface area contributed by atoms with Crippen LogP contribution in [0.3, 0.4) is 0 Å². The zero-order valence-corrected chi connectivity index (χ0v) is 19.1. The highest BCUT2D eigenvalue weighted by molar-refractivity contribution is 6.21. The minimum atomic E-state index is -1.13. The molecule has 0 radical (unpaired) electrons. The van der Waals surface area contributed by atoms with Gasteiger partial charge in [0, 0.05) is 35.3 Å². The van der Waals surface area contributed by atoms with Crippen LogP contribution in [0.25, 0.3) is 10.8 Å². The Hall–Kier alpha value is -4.52. The van der Waals surface area contributed by atoms with Crippen LogP contribution in [-0.4, -0.2) is 35.4 Å². The summed E-state index contributed by atoms with van der Waals surface area (Å²) in [6.45, 7) is 2.58. The predicted octanol–water partition coefficient (Wildman–Crippen LogP) is 4.40. The number of aromatic nitrogens is 1. The maximum atomic E-state index is 13.5. The van der Waals surface area contributed by atoms with Crippen LogP contribution in [0.15, 0.2) is 84.0 Å². The van der Waals surface area contributed by atoms with Crippen molar-refractivity contribution in [3.63, 3.8) is 0 Å². The summed E-state index contributed by atoms with van der Waals surface area (Å²) < 4.78 is 5.43. The van der Waals surface area contributed by atoms with Gasteiger partial charge in [-0.2, -0.15) is 0 Å². The quantitative estimate of drug-likeness (QED) is 0.489. The molecule has 0 bridgehead atoms. The molecule has 2 aliphatic rings. The van der Waals surface area contributed by atoms with Crippen molar-refractivity contribution in [1.82, 2.24) is 10.3 Å². The fourth-order valence-corrected chi connectivity index (χ4v) is 4.78. The molecule has 7 heteroatoms. The normalized spacial score (nSPS) is 16.5. The van der Waals surface area contributed by atoms with Crippen molar-refractivity contribution >= 4 is 34.2 Å². The monoisotopic (exact) mass is 462 g/mol. The number of anilines is 1. The van der Waals surface area contributed by atoms with Gasteiger partial charge < -0.3 is 9.64 Å². The van der Waals surface area contributed by atoms with Crippen LogP contribution in [0.1, 0.15) is 22.3 Å². The molecular weight excluding hydrogens is 440 g/mol. The molecular formula is C28H22N4O3. The second-order valence-corrected chi connectivity index (χ2v) is 8.71. The third-order valence-corrected chi connectivity index (χ3v) is 6.33. The van der Waals surface area contributed by atoms with Gasteiger partial charge >= 0.3 is 6.09 Å². The molecule has 2 aliphatic heterocycles. The fraction of sp³-hybridized carbons (Fsp3) is 0.143. The first-order chi connectivity index (χ1) is 17.1. The van der Waals surface area contributed by atoms with Crippen LogP contribution in [0, 0.1) is 6.92 Å². The Morgan fingerprint density at radius 3 is 2.63 bits per heavy atom. The van der Waals surface area contributed by atoms with Crippen LogP contribution in [0.2, 0.25) is 0 Å². The molecule has 0 fully saturated rings. The lowest BCUT2D eigenvalue weighted by Gasteiger charge is -2.21. The summed E-state index contributed by atoms with van der Waals surface area (Å²) in [5.41, 5.74) is 5.52. The van der Waals surface area contributed by atoms with Crippen LogP contribution in [-0.2, 0) is 11.2 Å². The molecule has 6 rings (SSSR count). The Morgan fingerprint density at radius 2 is 1.80 bits per heavy atom. The van der Waals surface area contributed by atoms with E-state index in [1.165, 1.54) is 0 Å². The summed E-state index contributed by atoms with van der Waals surface area (Å²) >= 11 is 0. The molecule has 3 aromatic carbocycles. The number of hydrogen-bond acceptors (Lipinski definition) is 5. The van der Waals surface area contributed by atoms with E-state index in [9.17, 15) is 9.59 Å². The Morgan fingerprint density at radius 1 is 1.03 bits per heavy atom. The molecule has 3 heterocycles. The first kappa shape index (κ1) is 21.0. The highest BCUT2D eigenvalue weighted by atomic mass is 16.6. The van der Waals surface area contributed by atoms with E-state index in [0.717, 1.165) is 45.1 Å². The van der Waals surface area contributed by atoms with Gasteiger partial charge in [0.15, 0.2) is 0 Å². The number of nitrogens with zero attached hydrogens (tertiary/aromatic N) is 3. The van der Waals surface area contributed by atoms with Gasteiger partial charge in [0.25, 0.3) is 5.91 Å². The van der Waals surface area contributed by atoms with E-state index in [2.05, 4.69) is 22.4 Å². The number of carbonyl (C=O) groups excluding carboxylic acids is 2. The standard InChI is InChI=1S/C28H22N4O3/c1-17-13-20-11-12-32-25(20)22(14-17)24(18-7-3-2-4-8-18)30-26(27(32)33)31-28(34)35-23-15-19-9-5-6-10-21(19)16-29-23/h2-10,13-16,26H,11-12H2,1H3,(H,31,34)/t26-/m0/s1. The van der Waals surface area contributed by atoms with Gasteiger partial charge in [-0.15, -0.1) is 0 Å². The van der Waals surface area contributed by atoms with Crippen molar-refractivity contribution in [3.05, 3.63) is 101 Å². The molecule has 0 saturated carbocycles. The number of fused-ring (bicyclic) bond motifs is 1. The number of aryl methyl sites for hydroxylation is 1. The molecule has 0 aliphatic carbocycles. The van der Waals surface area contributed by atoms with Crippen LogP contribution in [0.5, 0.6) is 5.88 Å². The summed E-state index contributed by atoms with van der Waals surface area (Å²) in [4.78, 5) is 37.1. The largest absolute Gasteiger partial charge is 0.416 e. The predicted molar refractivity (Wildman–Crippen MR) is 134 cm³/mol. The van der Waals surface area contributed by atoms with E-state index in [4.69, 9.17) is 9.73 Å². The summed E-state index contributed by atoms with van der Waals surface area (Å²) in [7, 11) is 0. The van der Waals surface area contributed by atoms with Crippen molar-refractivity contribution in [2.75, 3.05) is 11.4 Å². The van der Waals surface area contributed by atoms with E-state index in [1.807, 2.05) is 61.5 Å². The molecule has 0 unspecified atom stereocenters. The zero-order chi connectivity index (χ0) is 23.9. The lowest BCUT2D eigenvalue weighted by atomic mass is 9.96. The third-order valence-electron chi connectivity index (χ3n) is 6.33. The van der Waals surface area contributed by atoms with E-state index in [-0.39, 0.29) is 11.8 Å². The zero-order valence-electron chi connectivity index (χ0n) is 19.1. The number of carbonyl (C=O) groups is 2. The Kier molecular flexibility index (Phi) is 5.03. The lowest BCUT2D eigenvalue weighted by Crippen LogP contribution is -2.47. The van der Waals surface area contributed by atoms with Crippen molar-refractivity contribution < 1.29 is 14.3 Å². The molecule has 4 aromatic rings. The van der Waals surface area contributed by atoms with E-state index >= 15 is 0 Å². The summed E-state index contributed by atoms with van der Waals surface area (Å²) in [5.74, 6) is -0.139. The maximum absolute atomic E-state index is 13.5. The van der Waals surface area contributed by atoms with Crippen molar-refractivity contribution in [2.24, 2.45) is 4.99 Å². The minimum Gasteiger partial charge on any atom is -0.391 e. The molecule has 172 valence electrons. The van der Waals surface area contributed by atoms with Crippen LogP contribution < -0.4 is 15.0 Å². The number of amides is 2. The van der Waals surface area contributed by atoms with Crippen molar-refractivity contribution in [3.8, 4) is 5.88 Å². The Balaban J connectivity index is 1.36. The van der Waals surface area contributed by atoms with Gasteiger partial charge in [-0.3, -0.25) is 10.1 Å². The van der Waals surface area contributed by atoms with Gasteiger partial charge in [-0.1, -0.05) is 66.2 Å². The van der Waals surface area contributed by atoms with Gasteiger partial charge in [0.05, 0.1) is 11.4 Å². The Bertz CT molecular complexity index is 1510. The average Bonchev–Trinajstić information content (AvgIpc) is 3.25. The minimum absolute atomic E-state index is 0.150. The number of benzene rings is 3. The smallest absolute Gasteiger partial charge is 0.391 e. The van der Waals surface area contributed by atoms with Gasteiger partial charge in [-0.25, -0.2) is 14.8 Å². The van der Waals surface area contributed by atoms with Crippen LogP contribution in [0.4, 0.5) is 10.5 Å². The fourth-order valence-electron chi connectivity index (χ4n) is 4.78.